The Balaban J connectivity index is 2.56. The molecule has 1 amide bonds. The second kappa shape index (κ2) is 7.67. The molecule has 1 atom stereocenters. The summed E-state index contributed by atoms with van der Waals surface area (Å²) in [6.45, 7) is 9.49. The molecule has 0 bridgehead atoms. The van der Waals surface area contributed by atoms with Gasteiger partial charge in [0.2, 0.25) is 0 Å². The van der Waals surface area contributed by atoms with Crippen LogP contribution >= 0.6 is 0 Å². The standard InChI is InChI=1S/C16H23NO4/c1-6-17-16(19)13(5)21-14(18)9-20-15-11(3)7-10(2)8-12(15)4/h7-8,13H,6,9H2,1-5H3,(H,17,19)/t13-/m1/s1. The predicted octanol–water partition coefficient (Wildman–Crippen LogP) is 2.06. The molecule has 1 N–H and O–H groups in total. The van der Waals surface area contributed by atoms with E-state index in [1.807, 2.05) is 32.9 Å². The van der Waals surface area contributed by atoms with Gasteiger partial charge in [-0.3, -0.25) is 4.79 Å². The first-order valence-electron chi connectivity index (χ1n) is 7.03. The van der Waals surface area contributed by atoms with Crippen LogP contribution in [0.2, 0.25) is 0 Å². The van der Waals surface area contributed by atoms with Crippen molar-refractivity contribution in [2.45, 2.75) is 40.7 Å². The molecule has 0 saturated heterocycles. The van der Waals surface area contributed by atoms with Gasteiger partial charge in [0.15, 0.2) is 12.7 Å². The van der Waals surface area contributed by atoms with Crippen LogP contribution in [0, 0.1) is 20.8 Å². The fourth-order valence-corrected chi connectivity index (χ4v) is 2.13. The molecule has 1 aromatic carbocycles. The Hall–Kier alpha value is -2.04. The van der Waals surface area contributed by atoms with Crippen LogP contribution in [-0.2, 0) is 14.3 Å². The van der Waals surface area contributed by atoms with Crippen LogP contribution in [0.5, 0.6) is 5.75 Å². The van der Waals surface area contributed by atoms with Gasteiger partial charge in [0.05, 0.1) is 0 Å². The van der Waals surface area contributed by atoms with Crippen LogP contribution in [-0.4, -0.2) is 31.1 Å². The Kier molecular flexibility index (Phi) is 6.21. The molecule has 0 fully saturated rings. The molecule has 116 valence electrons. The van der Waals surface area contributed by atoms with Crippen molar-refractivity contribution in [3.05, 3.63) is 28.8 Å². The normalized spacial score (nSPS) is 11.7. The summed E-state index contributed by atoms with van der Waals surface area (Å²) < 4.78 is 10.5. The zero-order valence-electron chi connectivity index (χ0n) is 13.3. The Bertz CT molecular complexity index is 502. The van der Waals surface area contributed by atoms with E-state index in [0.717, 1.165) is 16.7 Å². The monoisotopic (exact) mass is 293 g/mol. The summed E-state index contributed by atoms with van der Waals surface area (Å²) in [5.74, 6) is -0.190. The average molecular weight is 293 g/mol. The highest BCUT2D eigenvalue weighted by Crippen LogP contribution is 2.24. The van der Waals surface area contributed by atoms with Crippen LogP contribution in [0.1, 0.15) is 30.5 Å². The molecule has 0 heterocycles. The minimum Gasteiger partial charge on any atom is -0.481 e. The van der Waals surface area contributed by atoms with Crippen LogP contribution in [0.4, 0.5) is 0 Å². The van der Waals surface area contributed by atoms with Crippen molar-refractivity contribution < 1.29 is 19.1 Å². The second-order valence-electron chi connectivity index (χ2n) is 5.04. The van der Waals surface area contributed by atoms with Crippen molar-refractivity contribution in [2.24, 2.45) is 0 Å². The van der Waals surface area contributed by atoms with Gasteiger partial charge in [-0.25, -0.2) is 4.79 Å². The molecular formula is C16H23NO4. The van der Waals surface area contributed by atoms with E-state index in [2.05, 4.69) is 5.32 Å². The number of nitrogens with one attached hydrogen (secondary N) is 1. The smallest absolute Gasteiger partial charge is 0.344 e. The molecule has 21 heavy (non-hydrogen) atoms. The molecule has 0 aliphatic rings. The Morgan fingerprint density at radius 2 is 1.76 bits per heavy atom. The lowest BCUT2D eigenvalue weighted by atomic mass is 10.1. The number of aryl methyl sites for hydroxylation is 3. The number of likely N-dealkylation sites (N-methyl/N-ethyl adjacent to an activating group) is 1. The minimum atomic E-state index is -0.818. The van der Waals surface area contributed by atoms with E-state index in [1.165, 1.54) is 6.92 Å². The summed E-state index contributed by atoms with van der Waals surface area (Å²) in [5.41, 5.74) is 3.08. The number of hydrogen-bond acceptors (Lipinski definition) is 4. The molecule has 0 spiro atoms. The fraction of sp³-hybridized carbons (Fsp3) is 0.500. The second-order valence-corrected chi connectivity index (χ2v) is 5.04. The first kappa shape index (κ1) is 17.0. The molecule has 0 aliphatic heterocycles. The van der Waals surface area contributed by atoms with E-state index in [1.54, 1.807) is 6.92 Å². The molecule has 0 aromatic heterocycles. The van der Waals surface area contributed by atoms with Gasteiger partial charge in [0, 0.05) is 6.54 Å². The van der Waals surface area contributed by atoms with Gasteiger partial charge < -0.3 is 14.8 Å². The maximum absolute atomic E-state index is 11.7. The first-order valence-corrected chi connectivity index (χ1v) is 7.03. The molecule has 5 nitrogen and oxygen atoms in total. The molecular weight excluding hydrogens is 270 g/mol. The van der Waals surface area contributed by atoms with Crippen molar-refractivity contribution in [2.75, 3.05) is 13.2 Å². The molecule has 0 saturated carbocycles. The van der Waals surface area contributed by atoms with Gasteiger partial charge in [0.25, 0.3) is 5.91 Å². The summed E-state index contributed by atoms with van der Waals surface area (Å²) in [6, 6.07) is 3.98. The number of carbonyl (C=O) groups excluding carboxylic acids is 2. The van der Waals surface area contributed by atoms with Gasteiger partial charge >= 0.3 is 5.97 Å². The van der Waals surface area contributed by atoms with Gasteiger partial charge in [0.1, 0.15) is 5.75 Å². The number of ether oxygens (including phenoxy) is 2. The number of esters is 1. The molecule has 0 aliphatic carbocycles. The number of rotatable bonds is 6. The molecule has 5 heteroatoms. The van der Waals surface area contributed by atoms with Crippen LogP contribution < -0.4 is 10.1 Å². The molecule has 0 unspecified atom stereocenters. The summed E-state index contributed by atoms with van der Waals surface area (Å²) in [5, 5.41) is 2.59. The average Bonchev–Trinajstić information content (AvgIpc) is 2.37. The maximum atomic E-state index is 11.7. The fourth-order valence-electron chi connectivity index (χ4n) is 2.13. The van der Waals surface area contributed by atoms with E-state index in [-0.39, 0.29) is 12.5 Å². The van der Waals surface area contributed by atoms with Crippen molar-refractivity contribution in [3.63, 3.8) is 0 Å². The topological polar surface area (TPSA) is 64.6 Å². The molecule has 0 radical (unpaired) electrons. The van der Waals surface area contributed by atoms with Crippen molar-refractivity contribution in [3.8, 4) is 5.75 Å². The zero-order valence-corrected chi connectivity index (χ0v) is 13.3. The lowest BCUT2D eigenvalue weighted by molar-refractivity contribution is -0.156. The SMILES string of the molecule is CCNC(=O)[C@@H](C)OC(=O)COc1c(C)cc(C)cc1C. The van der Waals surface area contributed by atoms with E-state index in [9.17, 15) is 9.59 Å². The number of amides is 1. The van der Waals surface area contributed by atoms with Crippen molar-refractivity contribution in [1.82, 2.24) is 5.32 Å². The highest BCUT2D eigenvalue weighted by molar-refractivity contribution is 5.83. The van der Waals surface area contributed by atoms with Gasteiger partial charge in [-0.05, 0) is 45.7 Å². The Morgan fingerprint density at radius 3 is 2.29 bits per heavy atom. The van der Waals surface area contributed by atoms with E-state index in [4.69, 9.17) is 9.47 Å². The van der Waals surface area contributed by atoms with Crippen LogP contribution in [0.3, 0.4) is 0 Å². The highest BCUT2D eigenvalue weighted by atomic mass is 16.6. The third-order valence-corrected chi connectivity index (χ3v) is 2.97. The third-order valence-electron chi connectivity index (χ3n) is 2.97. The minimum absolute atomic E-state index is 0.214. The summed E-state index contributed by atoms with van der Waals surface area (Å²) in [4.78, 5) is 23.2. The van der Waals surface area contributed by atoms with Gasteiger partial charge in [-0.2, -0.15) is 0 Å². The number of hydrogen-bond donors (Lipinski definition) is 1. The van der Waals surface area contributed by atoms with E-state index >= 15 is 0 Å². The Morgan fingerprint density at radius 1 is 1.19 bits per heavy atom. The van der Waals surface area contributed by atoms with E-state index < -0.39 is 12.1 Å². The molecule has 1 aromatic rings. The quantitative estimate of drug-likeness (QED) is 0.815. The maximum Gasteiger partial charge on any atom is 0.344 e. The Labute approximate surface area is 125 Å². The van der Waals surface area contributed by atoms with Crippen molar-refractivity contribution in [1.29, 1.82) is 0 Å². The van der Waals surface area contributed by atoms with Gasteiger partial charge in [-0.15, -0.1) is 0 Å². The van der Waals surface area contributed by atoms with Crippen LogP contribution in [0.25, 0.3) is 0 Å². The predicted molar refractivity (Wildman–Crippen MR) is 80.4 cm³/mol. The van der Waals surface area contributed by atoms with E-state index in [0.29, 0.717) is 12.3 Å². The molecule has 1 rings (SSSR count). The largest absolute Gasteiger partial charge is 0.481 e. The third kappa shape index (κ3) is 5.10. The number of carbonyl (C=O) groups is 2. The van der Waals surface area contributed by atoms with Crippen LogP contribution in [0.15, 0.2) is 12.1 Å². The summed E-state index contributed by atoms with van der Waals surface area (Å²) in [6.07, 6.45) is -0.818. The number of benzene rings is 1. The lowest BCUT2D eigenvalue weighted by Gasteiger charge is -2.15. The van der Waals surface area contributed by atoms with Crippen molar-refractivity contribution >= 4 is 11.9 Å². The van der Waals surface area contributed by atoms with Gasteiger partial charge in [-0.1, -0.05) is 17.7 Å². The first-order chi connectivity index (χ1) is 9.85. The summed E-state index contributed by atoms with van der Waals surface area (Å²) >= 11 is 0. The summed E-state index contributed by atoms with van der Waals surface area (Å²) in [7, 11) is 0. The highest BCUT2D eigenvalue weighted by Gasteiger charge is 2.17. The lowest BCUT2D eigenvalue weighted by Crippen LogP contribution is -2.36. The zero-order chi connectivity index (χ0) is 16.0.